The number of aromatic nitrogens is 2. The van der Waals surface area contributed by atoms with E-state index in [0.29, 0.717) is 17.9 Å². The molecule has 2 heterocycles. The molecule has 1 aromatic carbocycles. The minimum absolute atomic E-state index is 0.163. The van der Waals surface area contributed by atoms with Crippen LogP contribution in [-0.2, 0) is 6.54 Å². The van der Waals surface area contributed by atoms with Crippen LogP contribution < -0.4 is 10.9 Å². The van der Waals surface area contributed by atoms with Gasteiger partial charge in [-0.2, -0.15) is 0 Å². The highest BCUT2D eigenvalue weighted by Crippen LogP contribution is 2.08. The normalized spacial score (nSPS) is 10.5. The van der Waals surface area contributed by atoms with Crippen LogP contribution in [0.1, 0.15) is 21.5 Å². The maximum atomic E-state index is 12.2. The van der Waals surface area contributed by atoms with E-state index in [1.807, 2.05) is 31.2 Å². The molecular formula is C17H15N3O3. The number of anilines is 1. The summed E-state index contributed by atoms with van der Waals surface area (Å²) in [4.78, 5) is 24.2. The van der Waals surface area contributed by atoms with E-state index < -0.39 is 0 Å². The minimum Gasteiger partial charge on any atom is -0.363 e. The van der Waals surface area contributed by atoms with Gasteiger partial charge in [0.25, 0.3) is 11.5 Å². The fraction of sp³-hybridized carbons (Fsp3) is 0.118. The summed E-state index contributed by atoms with van der Waals surface area (Å²) in [5.74, 6) is -0.0247. The van der Waals surface area contributed by atoms with Gasteiger partial charge in [-0.1, -0.05) is 35.0 Å². The van der Waals surface area contributed by atoms with Crippen LogP contribution in [0.15, 0.2) is 64.2 Å². The Kier molecular flexibility index (Phi) is 4.05. The van der Waals surface area contributed by atoms with Gasteiger partial charge >= 0.3 is 0 Å². The molecule has 23 heavy (non-hydrogen) atoms. The predicted octanol–water partition coefficient (Wildman–Crippen LogP) is 2.45. The molecule has 0 bridgehead atoms. The van der Waals surface area contributed by atoms with Crippen molar-refractivity contribution in [2.45, 2.75) is 13.5 Å². The summed E-state index contributed by atoms with van der Waals surface area (Å²) in [6.07, 6.45) is 2.91. The van der Waals surface area contributed by atoms with Crippen molar-refractivity contribution in [2.75, 3.05) is 5.32 Å². The quantitative estimate of drug-likeness (QED) is 0.803. The zero-order chi connectivity index (χ0) is 16.2. The molecule has 0 saturated carbocycles. The van der Waals surface area contributed by atoms with Crippen molar-refractivity contribution < 1.29 is 9.32 Å². The molecule has 0 aliphatic carbocycles. The van der Waals surface area contributed by atoms with Gasteiger partial charge in [-0.05, 0) is 18.6 Å². The molecule has 2 aromatic heterocycles. The van der Waals surface area contributed by atoms with E-state index in [0.717, 1.165) is 11.1 Å². The summed E-state index contributed by atoms with van der Waals surface area (Å²) in [5, 5.41) is 6.22. The third-order valence-electron chi connectivity index (χ3n) is 3.36. The highest BCUT2D eigenvalue weighted by Gasteiger charge is 2.10. The number of carbonyl (C=O) groups is 1. The van der Waals surface area contributed by atoms with Gasteiger partial charge in [-0.3, -0.25) is 9.59 Å². The summed E-state index contributed by atoms with van der Waals surface area (Å²) in [6.45, 7) is 2.40. The average molecular weight is 309 g/mol. The van der Waals surface area contributed by atoms with Crippen LogP contribution in [0.5, 0.6) is 0 Å². The van der Waals surface area contributed by atoms with Crippen molar-refractivity contribution >= 4 is 11.7 Å². The summed E-state index contributed by atoms with van der Waals surface area (Å²) in [6, 6.07) is 12.3. The molecule has 3 aromatic rings. The standard InChI is InChI=1S/C17H15N3O3/c1-12-3-2-4-13(9-12)10-20-11-14(5-6-16(20)21)17(22)18-15-7-8-23-19-15/h2-9,11H,10H2,1H3,(H,18,19,22). The molecule has 0 atom stereocenters. The van der Waals surface area contributed by atoms with E-state index >= 15 is 0 Å². The Hall–Kier alpha value is -3.15. The smallest absolute Gasteiger partial charge is 0.258 e. The number of nitrogens with zero attached hydrogens (tertiary/aromatic N) is 2. The Bertz CT molecular complexity index is 882. The van der Waals surface area contributed by atoms with E-state index in [4.69, 9.17) is 0 Å². The lowest BCUT2D eigenvalue weighted by Gasteiger charge is -2.09. The monoisotopic (exact) mass is 309 g/mol. The van der Waals surface area contributed by atoms with Gasteiger partial charge in [0.1, 0.15) is 6.26 Å². The lowest BCUT2D eigenvalue weighted by molar-refractivity contribution is 0.102. The second-order valence-electron chi connectivity index (χ2n) is 5.21. The summed E-state index contributed by atoms with van der Waals surface area (Å²) in [7, 11) is 0. The molecule has 0 unspecified atom stereocenters. The number of aryl methyl sites for hydroxylation is 1. The minimum atomic E-state index is -0.350. The fourth-order valence-electron chi connectivity index (χ4n) is 2.26. The molecule has 6 heteroatoms. The number of hydrogen-bond donors (Lipinski definition) is 1. The predicted molar refractivity (Wildman–Crippen MR) is 85.4 cm³/mol. The van der Waals surface area contributed by atoms with Crippen LogP contribution in [0.25, 0.3) is 0 Å². The number of amides is 1. The van der Waals surface area contributed by atoms with E-state index in [1.165, 1.54) is 23.0 Å². The molecule has 1 N–H and O–H groups in total. The molecule has 3 rings (SSSR count). The van der Waals surface area contributed by atoms with Gasteiger partial charge in [-0.25, -0.2) is 0 Å². The fourth-order valence-corrected chi connectivity index (χ4v) is 2.26. The van der Waals surface area contributed by atoms with Crippen molar-refractivity contribution in [3.05, 3.63) is 82.0 Å². The molecule has 0 spiro atoms. The van der Waals surface area contributed by atoms with Gasteiger partial charge in [0, 0.05) is 18.3 Å². The van der Waals surface area contributed by atoms with E-state index in [2.05, 4.69) is 15.0 Å². The number of nitrogens with one attached hydrogen (secondary N) is 1. The van der Waals surface area contributed by atoms with Gasteiger partial charge in [0.15, 0.2) is 5.82 Å². The van der Waals surface area contributed by atoms with Gasteiger partial charge in [0.05, 0.1) is 12.1 Å². The van der Waals surface area contributed by atoms with Crippen molar-refractivity contribution in [3.63, 3.8) is 0 Å². The van der Waals surface area contributed by atoms with Crippen molar-refractivity contribution in [2.24, 2.45) is 0 Å². The Balaban J connectivity index is 1.84. The molecule has 0 aliphatic heterocycles. The van der Waals surface area contributed by atoms with Crippen molar-refractivity contribution in [3.8, 4) is 0 Å². The van der Waals surface area contributed by atoms with E-state index in [-0.39, 0.29) is 11.5 Å². The maximum absolute atomic E-state index is 12.2. The first-order chi connectivity index (χ1) is 11.1. The number of pyridine rings is 1. The van der Waals surface area contributed by atoms with Crippen LogP contribution in [0.2, 0.25) is 0 Å². The van der Waals surface area contributed by atoms with Crippen LogP contribution in [0.3, 0.4) is 0 Å². The van der Waals surface area contributed by atoms with Gasteiger partial charge < -0.3 is 14.4 Å². The molecule has 0 radical (unpaired) electrons. The first-order valence-electron chi connectivity index (χ1n) is 7.09. The Morgan fingerprint density at radius 1 is 1.26 bits per heavy atom. The number of carbonyl (C=O) groups excluding carboxylic acids is 1. The molecule has 0 aliphatic rings. The first-order valence-corrected chi connectivity index (χ1v) is 7.09. The van der Waals surface area contributed by atoms with Crippen molar-refractivity contribution in [1.82, 2.24) is 9.72 Å². The second-order valence-corrected chi connectivity index (χ2v) is 5.21. The van der Waals surface area contributed by atoms with Crippen LogP contribution >= 0.6 is 0 Å². The largest absolute Gasteiger partial charge is 0.363 e. The maximum Gasteiger partial charge on any atom is 0.258 e. The number of hydrogen-bond acceptors (Lipinski definition) is 4. The molecule has 1 amide bonds. The zero-order valence-electron chi connectivity index (χ0n) is 12.5. The number of benzene rings is 1. The molecule has 6 nitrogen and oxygen atoms in total. The third kappa shape index (κ3) is 3.55. The third-order valence-corrected chi connectivity index (χ3v) is 3.36. The van der Waals surface area contributed by atoms with Crippen LogP contribution in [0.4, 0.5) is 5.82 Å². The topological polar surface area (TPSA) is 77.1 Å². The highest BCUT2D eigenvalue weighted by molar-refractivity contribution is 6.03. The SMILES string of the molecule is Cc1cccc(Cn2cc(C(=O)Nc3ccon3)ccc2=O)c1. The van der Waals surface area contributed by atoms with Crippen LogP contribution in [0, 0.1) is 6.92 Å². The molecule has 0 saturated heterocycles. The van der Waals surface area contributed by atoms with Gasteiger partial charge in [-0.15, -0.1) is 0 Å². The Morgan fingerprint density at radius 2 is 2.13 bits per heavy atom. The average Bonchev–Trinajstić information content (AvgIpc) is 3.02. The summed E-state index contributed by atoms with van der Waals surface area (Å²) in [5.41, 5.74) is 2.33. The highest BCUT2D eigenvalue weighted by atomic mass is 16.5. The van der Waals surface area contributed by atoms with E-state index in [1.54, 1.807) is 12.3 Å². The first kappa shape index (κ1) is 14.8. The van der Waals surface area contributed by atoms with Crippen molar-refractivity contribution in [1.29, 1.82) is 0 Å². The zero-order valence-corrected chi connectivity index (χ0v) is 12.5. The van der Waals surface area contributed by atoms with Gasteiger partial charge in [0.2, 0.25) is 0 Å². The summed E-state index contributed by atoms with van der Waals surface area (Å²) < 4.78 is 6.17. The lowest BCUT2D eigenvalue weighted by atomic mass is 10.1. The lowest BCUT2D eigenvalue weighted by Crippen LogP contribution is -2.22. The molecule has 116 valence electrons. The molecule has 0 fully saturated rings. The summed E-state index contributed by atoms with van der Waals surface area (Å²) >= 11 is 0. The van der Waals surface area contributed by atoms with E-state index in [9.17, 15) is 9.59 Å². The Morgan fingerprint density at radius 3 is 2.87 bits per heavy atom. The number of rotatable bonds is 4. The second kappa shape index (κ2) is 6.31. The Labute approximate surface area is 132 Å². The van der Waals surface area contributed by atoms with Crippen LogP contribution in [-0.4, -0.2) is 15.6 Å². The molecular weight excluding hydrogens is 294 g/mol.